The van der Waals surface area contributed by atoms with E-state index in [4.69, 9.17) is 10.7 Å². The van der Waals surface area contributed by atoms with Gasteiger partial charge in [0.05, 0.1) is 0 Å². The van der Waals surface area contributed by atoms with Crippen molar-refractivity contribution >= 4 is 21.7 Å². The maximum absolute atomic E-state index is 11.3. The molecule has 0 fully saturated rings. The van der Waals surface area contributed by atoms with Gasteiger partial charge in [-0.05, 0) is 28.6 Å². The minimum Gasteiger partial charge on any atom is -0.235 e. The highest BCUT2D eigenvalue weighted by molar-refractivity contribution is 8.21. The molecule has 0 aromatic rings. The van der Waals surface area contributed by atoms with Crippen LogP contribution in [0.1, 0.15) is 6.92 Å². The summed E-state index contributed by atoms with van der Waals surface area (Å²) in [7, 11) is 5.56. The molecule has 0 nitrogen and oxygen atoms in total. The van der Waals surface area contributed by atoms with Crippen molar-refractivity contribution in [1.29, 1.82) is 0 Å². The van der Waals surface area contributed by atoms with Crippen LogP contribution in [-0.2, 0) is 0 Å². The highest BCUT2D eigenvalue weighted by Gasteiger charge is 1.88. The van der Waals surface area contributed by atoms with Crippen LogP contribution in [0.15, 0.2) is 0 Å². The second-order valence-electron chi connectivity index (χ2n) is 0.632. The molecule has 1 atom stereocenters. The highest BCUT2D eigenvalue weighted by atomic mass is 35.7. The normalized spacial score (nSPS) is 15.0. The summed E-state index contributed by atoms with van der Waals surface area (Å²) in [5.41, 5.74) is -0.934. The standard InChI is InChI=1S/C2H4ClFS/c1-2(4)5-3/h2H,1H3. The van der Waals surface area contributed by atoms with E-state index in [0.29, 0.717) is 11.0 Å². The van der Waals surface area contributed by atoms with Gasteiger partial charge < -0.3 is 0 Å². The van der Waals surface area contributed by atoms with Gasteiger partial charge in [-0.15, -0.1) is 0 Å². The highest BCUT2D eigenvalue weighted by Crippen LogP contribution is 2.14. The molecular weight excluding hydrogens is 111 g/mol. The molecule has 0 spiro atoms. The third-order valence-corrected chi connectivity index (χ3v) is 1.10. The van der Waals surface area contributed by atoms with E-state index in [1.54, 1.807) is 0 Å². The first kappa shape index (κ1) is 5.57. The Kier molecular flexibility index (Phi) is 3.11. The predicted octanol–water partition coefficient (Wildman–Crippen LogP) is 2.19. The number of rotatable bonds is 1. The van der Waals surface area contributed by atoms with Gasteiger partial charge in [0, 0.05) is 0 Å². The van der Waals surface area contributed by atoms with E-state index in [-0.39, 0.29) is 0 Å². The zero-order valence-electron chi connectivity index (χ0n) is 2.74. The van der Waals surface area contributed by atoms with E-state index in [2.05, 4.69) is 0 Å². The van der Waals surface area contributed by atoms with Gasteiger partial charge >= 0.3 is 0 Å². The first-order valence-corrected chi connectivity index (χ1v) is 2.89. The molecule has 0 aromatic carbocycles. The molecular formula is C2H4ClFS. The smallest absolute Gasteiger partial charge is 0.157 e. The zero-order valence-corrected chi connectivity index (χ0v) is 4.31. The summed E-state index contributed by atoms with van der Waals surface area (Å²) in [6.07, 6.45) is 0. The van der Waals surface area contributed by atoms with Crippen LogP contribution in [0.5, 0.6) is 0 Å². The molecule has 0 N–H and O–H groups in total. The van der Waals surface area contributed by atoms with E-state index in [0.717, 1.165) is 0 Å². The largest absolute Gasteiger partial charge is 0.235 e. The maximum atomic E-state index is 11.3. The second-order valence-corrected chi connectivity index (χ2v) is 1.99. The molecule has 0 radical (unpaired) electrons. The molecule has 0 heterocycles. The molecule has 0 saturated heterocycles. The monoisotopic (exact) mass is 114 g/mol. The van der Waals surface area contributed by atoms with E-state index in [1.165, 1.54) is 6.92 Å². The molecule has 1 unspecified atom stereocenters. The lowest BCUT2D eigenvalue weighted by Crippen LogP contribution is -1.72. The molecule has 5 heavy (non-hydrogen) atoms. The van der Waals surface area contributed by atoms with Crippen LogP contribution in [0.3, 0.4) is 0 Å². The van der Waals surface area contributed by atoms with E-state index >= 15 is 0 Å². The number of halogens is 2. The van der Waals surface area contributed by atoms with Crippen LogP contribution in [0, 0.1) is 0 Å². The van der Waals surface area contributed by atoms with Crippen molar-refractivity contribution in [3.8, 4) is 0 Å². The van der Waals surface area contributed by atoms with E-state index < -0.39 is 5.50 Å². The molecule has 0 bridgehead atoms. The summed E-state index contributed by atoms with van der Waals surface area (Å²) < 4.78 is 11.3. The average molecular weight is 115 g/mol. The second kappa shape index (κ2) is 2.79. The Labute approximate surface area is 39.2 Å². The third-order valence-electron chi connectivity index (χ3n) is 0.123. The zero-order chi connectivity index (χ0) is 4.28. The van der Waals surface area contributed by atoms with Gasteiger partial charge in [-0.25, -0.2) is 4.39 Å². The first-order chi connectivity index (χ1) is 2.27. The Morgan fingerprint density at radius 3 is 2.20 bits per heavy atom. The molecule has 3 heteroatoms. The molecule has 0 aromatic heterocycles. The van der Waals surface area contributed by atoms with Gasteiger partial charge in [-0.3, -0.25) is 0 Å². The van der Waals surface area contributed by atoms with Crippen LogP contribution in [0.4, 0.5) is 4.39 Å². The SMILES string of the molecule is CC(F)SCl. The fourth-order valence-corrected chi connectivity index (χ4v) is 0. The summed E-state index contributed by atoms with van der Waals surface area (Å²) in [4.78, 5) is 0. The van der Waals surface area contributed by atoms with Crippen molar-refractivity contribution in [1.82, 2.24) is 0 Å². The minimum absolute atomic E-state index is 0.685. The Balaban J connectivity index is 2.54. The van der Waals surface area contributed by atoms with Crippen LogP contribution in [-0.4, -0.2) is 5.50 Å². The van der Waals surface area contributed by atoms with Gasteiger partial charge in [-0.1, -0.05) is 0 Å². The summed E-state index contributed by atoms with van der Waals surface area (Å²) in [6, 6.07) is 0. The number of alkyl halides is 1. The van der Waals surface area contributed by atoms with Crippen molar-refractivity contribution in [3.05, 3.63) is 0 Å². The lowest BCUT2D eigenvalue weighted by molar-refractivity contribution is 0.486. The summed E-state index contributed by atoms with van der Waals surface area (Å²) in [6.45, 7) is 1.39. The summed E-state index contributed by atoms with van der Waals surface area (Å²) in [5.74, 6) is 0. The molecule has 0 aliphatic heterocycles. The molecule has 0 amide bonds. The fourth-order valence-electron chi connectivity index (χ4n) is 0. The van der Waals surface area contributed by atoms with Gasteiger partial charge in [0.1, 0.15) is 0 Å². The van der Waals surface area contributed by atoms with E-state index in [1.807, 2.05) is 0 Å². The molecule has 32 valence electrons. The van der Waals surface area contributed by atoms with Crippen LogP contribution in [0.25, 0.3) is 0 Å². The molecule has 0 aliphatic rings. The summed E-state index contributed by atoms with van der Waals surface area (Å²) in [5, 5.41) is 0. The van der Waals surface area contributed by atoms with Crippen LogP contribution in [0.2, 0.25) is 0 Å². The Morgan fingerprint density at radius 1 is 2.00 bits per heavy atom. The van der Waals surface area contributed by atoms with Crippen molar-refractivity contribution in [2.75, 3.05) is 0 Å². The lowest BCUT2D eigenvalue weighted by Gasteiger charge is -1.83. The van der Waals surface area contributed by atoms with Crippen LogP contribution >= 0.6 is 21.7 Å². The van der Waals surface area contributed by atoms with E-state index in [9.17, 15) is 4.39 Å². The van der Waals surface area contributed by atoms with Crippen molar-refractivity contribution in [2.24, 2.45) is 0 Å². The first-order valence-electron chi connectivity index (χ1n) is 1.19. The maximum Gasteiger partial charge on any atom is 0.157 e. The van der Waals surface area contributed by atoms with Gasteiger partial charge in [-0.2, -0.15) is 0 Å². The average Bonchev–Trinajstić information content (AvgIpc) is 1.38. The third kappa shape index (κ3) is 4.57. The minimum atomic E-state index is -0.934. The summed E-state index contributed by atoms with van der Waals surface area (Å²) >= 11 is 0. The quantitative estimate of drug-likeness (QED) is 0.504. The van der Waals surface area contributed by atoms with Crippen molar-refractivity contribution in [3.63, 3.8) is 0 Å². The van der Waals surface area contributed by atoms with Crippen molar-refractivity contribution < 1.29 is 4.39 Å². The Bertz CT molecular complexity index is 23.6. The predicted molar refractivity (Wildman–Crippen MR) is 24.0 cm³/mol. The number of hydrogen-bond donors (Lipinski definition) is 0. The molecule has 0 aliphatic carbocycles. The van der Waals surface area contributed by atoms with Gasteiger partial charge in [0.2, 0.25) is 0 Å². The van der Waals surface area contributed by atoms with Crippen molar-refractivity contribution in [2.45, 2.75) is 12.4 Å². The Morgan fingerprint density at radius 2 is 2.20 bits per heavy atom. The topological polar surface area (TPSA) is 0 Å². The number of hydrogen-bond acceptors (Lipinski definition) is 1. The lowest BCUT2D eigenvalue weighted by atomic mass is 10.9. The molecule has 0 rings (SSSR count). The fraction of sp³-hybridized carbons (Fsp3) is 1.00. The Hall–Kier alpha value is 0.570. The van der Waals surface area contributed by atoms with Gasteiger partial charge in [0.25, 0.3) is 0 Å². The van der Waals surface area contributed by atoms with Crippen LogP contribution < -0.4 is 0 Å². The van der Waals surface area contributed by atoms with Gasteiger partial charge in [0.15, 0.2) is 5.50 Å². The molecule has 0 saturated carbocycles.